The summed E-state index contributed by atoms with van der Waals surface area (Å²) < 4.78 is 50.8. The van der Waals surface area contributed by atoms with Gasteiger partial charge in [0, 0.05) is 42.7 Å². The molecule has 0 amide bonds. The molecule has 5 rings (SSSR count). The van der Waals surface area contributed by atoms with Crippen LogP contribution in [0.5, 0.6) is 11.5 Å². The zero-order chi connectivity index (χ0) is 29.7. The average molecular weight is 594 g/mol. The van der Waals surface area contributed by atoms with E-state index in [0.717, 1.165) is 39.3 Å². The monoisotopic (exact) mass is 593 g/mol. The summed E-state index contributed by atoms with van der Waals surface area (Å²) in [5.74, 6) is 1.47. The van der Waals surface area contributed by atoms with Gasteiger partial charge in [0.15, 0.2) is 16.6 Å². The van der Waals surface area contributed by atoms with Gasteiger partial charge in [-0.3, -0.25) is 0 Å². The van der Waals surface area contributed by atoms with Gasteiger partial charge in [0.1, 0.15) is 0 Å². The molecule has 3 aromatic carbocycles. The number of thiazole rings is 1. The van der Waals surface area contributed by atoms with Crippen molar-refractivity contribution in [3.8, 4) is 22.8 Å². The fourth-order valence-electron chi connectivity index (χ4n) is 4.50. The number of rotatable bonds is 12. The Morgan fingerprint density at radius 1 is 1.00 bits per heavy atom. The fraction of sp³-hybridized carbons (Fsp3) is 0.219. The zero-order valence-corrected chi connectivity index (χ0v) is 23.6. The average Bonchev–Trinajstić information content (AvgIpc) is 3.65. The molecule has 0 bridgehead atoms. The van der Waals surface area contributed by atoms with Crippen LogP contribution in [-0.2, 0) is 19.1 Å². The predicted octanol–water partition coefficient (Wildman–Crippen LogP) is 7.83. The first kappa shape index (κ1) is 29.1. The number of aliphatic hydroxyl groups is 1. The van der Waals surface area contributed by atoms with E-state index < -0.39 is 11.7 Å². The molecule has 2 heterocycles. The van der Waals surface area contributed by atoms with E-state index >= 15 is 0 Å². The van der Waals surface area contributed by atoms with Crippen LogP contribution in [0.1, 0.15) is 28.7 Å². The number of nitrogens with one attached hydrogen (secondary N) is 1. The Labute approximate surface area is 246 Å². The van der Waals surface area contributed by atoms with Crippen LogP contribution in [0.3, 0.4) is 0 Å². The van der Waals surface area contributed by atoms with Gasteiger partial charge in [-0.2, -0.15) is 13.2 Å². The third-order valence-electron chi connectivity index (χ3n) is 6.78. The lowest BCUT2D eigenvalue weighted by Crippen LogP contribution is -2.25. The molecule has 0 aliphatic carbocycles. The highest BCUT2D eigenvalue weighted by Gasteiger charge is 2.30. The Kier molecular flexibility index (Phi) is 8.72. The van der Waals surface area contributed by atoms with Crippen molar-refractivity contribution in [2.45, 2.75) is 25.6 Å². The molecule has 218 valence electrons. The van der Waals surface area contributed by atoms with Crippen LogP contribution < -0.4 is 19.7 Å². The molecule has 2 N–H and O–H groups in total. The highest BCUT2D eigenvalue weighted by molar-refractivity contribution is 7.14. The van der Waals surface area contributed by atoms with E-state index in [9.17, 15) is 18.3 Å². The topological polar surface area (TPSA) is 66.9 Å². The second kappa shape index (κ2) is 12.6. The van der Waals surface area contributed by atoms with Crippen molar-refractivity contribution in [2.24, 2.45) is 0 Å². The SMILES string of the molecule is C=C(O)CCNC(=C)c1ccc(CN(CCc2cccc(C(F)(F)F)c2)c2nc(-c3ccc4c(c3)OCO4)cs2)cc1. The second-order valence-electron chi connectivity index (χ2n) is 9.87. The van der Waals surface area contributed by atoms with E-state index in [1.165, 1.54) is 23.5 Å². The molecule has 1 aliphatic heterocycles. The van der Waals surface area contributed by atoms with Gasteiger partial charge < -0.3 is 24.8 Å². The Morgan fingerprint density at radius 3 is 2.55 bits per heavy atom. The summed E-state index contributed by atoms with van der Waals surface area (Å²) in [4.78, 5) is 6.96. The molecule has 0 fully saturated rings. The van der Waals surface area contributed by atoms with E-state index in [1.54, 1.807) is 6.07 Å². The molecular formula is C32H30F3N3O3S. The van der Waals surface area contributed by atoms with Gasteiger partial charge in [0.2, 0.25) is 6.79 Å². The number of fused-ring (bicyclic) bond motifs is 1. The van der Waals surface area contributed by atoms with Gasteiger partial charge in [-0.1, -0.05) is 55.6 Å². The summed E-state index contributed by atoms with van der Waals surface area (Å²) in [6, 6.07) is 19.0. The minimum absolute atomic E-state index is 0.111. The number of alkyl halides is 3. The van der Waals surface area contributed by atoms with Gasteiger partial charge >= 0.3 is 6.18 Å². The van der Waals surface area contributed by atoms with E-state index in [1.807, 2.05) is 47.8 Å². The molecule has 0 saturated carbocycles. The van der Waals surface area contributed by atoms with E-state index in [-0.39, 0.29) is 12.6 Å². The van der Waals surface area contributed by atoms with Crippen LogP contribution in [0.2, 0.25) is 0 Å². The lowest BCUT2D eigenvalue weighted by atomic mass is 10.1. The van der Waals surface area contributed by atoms with Gasteiger partial charge in [-0.25, -0.2) is 4.98 Å². The molecule has 0 radical (unpaired) electrons. The van der Waals surface area contributed by atoms with Crippen LogP contribution in [0.4, 0.5) is 18.3 Å². The van der Waals surface area contributed by atoms with Crippen molar-refractivity contribution in [1.29, 1.82) is 0 Å². The summed E-state index contributed by atoms with van der Waals surface area (Å²) in [6.07, 6.45) is -3.55. The lowest BCUT2D eigenvalue weighted by molar-refractivity contribution is -0.137. The van der Waals surface area contributed by atoms with Crippen molar-refractivity contribution in [3.63, 3.8) is 0 Å². The molecule has 10 heteroatoms. The van der Waals surface area contributed by atoms with Crippen LogP contribution in [0.25, 0.3) is 17.0 Å². The second-order valence-corrected chi connectivity index (χ2v) is 10.7. The first-order chi connectivity index (χ1) is 20.2. The first-order valence-corrected chi connectivity index (χ1v) is 14.2. The summed E-state index contributed by atoms with van der Waals surface area (Å²) in [5.41, 5.74) is 4.28. The fourth-order valence-corrected chi connectivity index (χ4v) is 5.36. The number of hydrogen-bond acceptors (Lipinski definition) is 7. The summed E-state index contributed by atoms with van der Waals surface area (Å²) in [5, 5.41) is 15.2. The minimum atomic E-state index is -4.39. The molecule has 0 unspecified atom stereocenters. The van der Waals surface area contributed by atoms with Crippen molar-refractivity contribution in [3.05, 3.63) is 113 Å². The molecule has 1 aromatic heterocycles. The molecule has 6 nitrogen and oxygen atoms in total. The standard InChI is InChI=1S/C32H30F3N3O3S/c1-21(39)12-14-36-22(2)25-8-6-24(7-9-25)18-38(15-13-23-4-3-5-27(16-23)32(33,34)35)31-37-28(19-42-31)26-10-11-29-30(17-26)41-20-40-29/h3-11,16-17,19,36,39H,1-2,12-15,18,20H2. The number of nitrogens with zero attached hydrogens (tertiary/aromatic N) is 2. The minimum Gasteiger partial charge on any atom is -0.513 e. The lowest BCUT2D eigenvalue weighted by Gasteiger charge is -2.23. The van der Waals surface area contributed by atoms with Crippen LogP contribution in [-0.4, -0.2) is 30.0 Å². The number of aliphatic hydroxyl groups excluding tert-OH is 1. The van der Waals surface area contributed by atoms with Gasteiger partial charge in [0.25, 0.3) is 0 Å². The zero-order valence-electron chi connectivity index (χ0n) is 22.8. The van der Waals surface area contributed by atoms with E-state index in [2.05, 4.69) is 23.4 Å². The maximum absolute atomic E-state index is 13.3. The van der Waals surface area contributed by atoms with E-state index in [4.69, 9.17) is 14.5 Å². The summed E-state index contributed by atoms with van der Waals surface area (Å²) >= 11 is 1.48. The Hall–Kier alpha value is -4.44. The Balaban J connectivity index is 1.34. The summed E-state index contributed by atoms with van der Waals surface area (Å²) in [7, 11) is 0. The van der Waals surface area contributed by atoms with Crippen LogP contribution in [0.15, 0.2) is 91.0 Å². The number of anilines is 1. The first-order valence-electron chi connectivity index (χ1n) is 13.3. The number of benzene rings is 3. The molecular weight excluding hydrogens is 563 g/mol. The number of halogens is 3. The summed E-state index contributed by atoms with van der Waals surface area (Å²) in [6.45, 7) is 9.24. The third-order valence-corrected chi connectivity index (χ3v) is 7.68. The molecule has 0 spiro atoms. The Morgan fingerprint density at radius 2 is 1.79 bits per heavy atom. The molecule has 4 aromatic rings. The maximum Gasteiger partial charge on any atom is 0.416 e. The maximum atomic E-state index is 13.3. The van der Waals surface area contributed by atoms with Crippen molar-refractivity contribution in [2.75, 3.05) is 24.8 Å². The molecule has 0 saturated heterocycles. The van der Waals surface area contributed by atoms with Gasteiger partial charge in [-0.05, 0) is 47.4 Å². The predicted molar refractivity (Wildman–Crippen MR) is 160 cm³/mol. The third kappa shape index (κ3) is 7.25. The number of aromatic nitrogens is 1. The van der Waals surface area contributed by atoms with Gasteiger partial charge in [-0.15, -0.1) is 11.3 Å². The molecule has 1 aliphatic rings. The highest BCUT2D eigenvalue weighted by Crippen LogP contribution is 2.37. The van der Waals surface area contributed by atoms with Crippen molar-refractivity contribution >= 4 is 22.2 Å². The normalized spacial score (nSPS) is 12.3. The molecule has 42 heavy (non-hydrogen) atoms. The highest BCUT2D eigenvalue weighted by atomic mass is 32.1. The quantitative estimate of drug-likeness (QED) is 0.163. The number of hydrogen-bond donors (Lipinski definition) is 2. The largest absolute Gasteiger partial charge is 0.513 e. The van der Waals surface area contributed by atoms with Crippen LogP contribution >= 0.6 is 11.3 Å². The Bertz CT molecular complexity index is 1570. The van der Waals surface area contributed by atoms with Crippen molar-refractivity contribution in [1.82, 2.24) is 10.3 Å². The molecule has 0 atom stereocenters. The van der Waals surface area contributed by atoms with E-state index in [0.29, 0.717) is 49.5 Å². The number of ether oxygens (including phenoxy) is 2. The van der Waals surface area contributed by atoms with Crippen molar-refractivity contribution < 1.29 is 27.8 Å². The van der Waals surface area contributed by atoms with Gasteiger partial charge in [0.05, 0.1) is 17.0 Å². The van der Waals surface area contributed by atoms with Crippen LogP contribution in [0, 0.1) is 0 Å². The smallest absolute Gasteiger partial charge is 0.416 e.